The molecule has 0 aliphatic heterocycles. The average molecular weight is 320 g/mol. The molecule has 0 aliphatic carbocycles. The van der Waals surface area contributed by atoms with E-state index in [9.17, 15) is 0 Å². The zero-order valence-electron chi connectivity index (χ0n) is 10.7. The molecular weight excluding hydrogens is 298 g/mol. The summed E-state index contributed by atoms with van der Waals surface area (Å²) in [5.41, 5.74) is 0. The van der Waals surface area contributed by atoms with E-state index in [2.05, 4.69) is 46.5 Å². The maximum atomic E-state index is 5.62. The van der Waals surface area contributed by atoms with Crippen LogP contribution in [0.2, 0.25) is 0 Å². The molecule has 0 radical (unpaired) electrons. The number of hydrogen-bond acceptors (Lipinski definition) is 3. The molecule has 2 nitrogen and oxygen atoms in total. The first-order valence-electron chi connectivity index (χ1n) is 6.23. The van der Waals surface area contributed by atoms with Gasteiger partial charge in [-0.15, -0.1) is 11.3 Å². The van der Waals surface area contributed by atoms with Gasteiger partial charge in [0.05, 0.1) is 6.61 Å². The maximum absolute atomic E-state index is 5.62. The highest BCUT2D eigenvalue weighted by molar-refractivity contribution is 9.10. The highest BCUT2D eigenvalue weighted by atomic mass is 79.9. The Hall–Kier alpha value is 0.1000. The minimum Gasteiger partial charge on any atom is -0.380 e. The second-order valence-corrected chi connectivity index (χ2v) is 6.29. The van der Waals surface area contributed by atoms with Gasteiger partial charge in [-0.2, -0.15) is 0 Å². The van der Waals surface area contributed by atoms with Crippen molar-refractivity contribution >= 4 is 27.3 Å². The largest absolute Gasteiger partial charge is 0.380 e. The third-order valence-corrected chi connectivity index (χ3v) is 4.23. The summed E-state index contributed by atoms with van der Waals surface area (Å²) >= 11 is 5.23. The van der Waals surface area contributed by atoms with E-state index in [-0.39, 0.29) is 0 Å². The average Bonchev–Trinajstić information content (AvgIpc) is 2.70. The van der Waals surface area contributed by atoms with Gasteiger partial charge in [0.2, 0.25) is 0 Å². The van der Waals surface area contributed by atoms with Gasteiger partial charge >= 0.3 is 0 Å². The Labute approximate surface area is 117 Å². The van der Waals surface area contributed by atoms with Gasteiger partial charge in [-0.3, -0.25) is 0 Å². The van der Waals surface area contributed by atoms with Gasteiger partial charge in [0.15, 0.2) is 0 Å². The molecule has 1 N–H and O–H groups in total. The second kappa shape index (κ2) is 9.09. The molecule has 0 saturated heterocycles. The van der Waals surface area contributed by atoms with Gasteiger partial charge in [-0.25, -0.2) is 0 Å². The standard InChI is InChI=1S/C13H22BrNOS/c1-3-4-11(2)9-16-6-5-15-8-13-7-12(14)10-17-13/h7,10-11,15H,3-6,8-9H2,1-2H3. The van der Waals surface area contributed by atoms with Crippen LogP contribution in [-0.2, 0) is 11.3 Å². The van der Waals surface area contributed by atoms with Gasteiger partial charge in [0, 0.05) is 34.4 Å². The SMILES string of the molecule is CCCC(C)COCCNCc1cc(Br)cs1. The molecule has 0 aromatic carbocycles. The van der Waals surface area contributed by atoms with Crippen molar-refractivity contribution in [2.45, 2.75) is 33.2 Å². The van der Waals surface area contributed by atoms with E-state index >= 15 is 0 Å². The van der Waals surface area contributed by atoms with Crippen molar-refractivity contribution in [3.05, 3.63) is 20.8 Å². The van der Waals surface area contributed by atoms with Gasteiger partial charge in [-0.05, 0) is 34.3 Å². The Balaban J connectivity index is 1.94. The minimum absolute atomic E-state index is 0.688. The number of halogens is 1. The van der Waals surface area contributed by atoms with E-state index in [1.54, 1.807) is 11.3 Å². The molecule has 98 valence electrons. The van der Waals surface area contributed by atoms with E-state index in [0.717, 1.165) is 26.3 Å². The number of ether oxygens (including phenoxy) is 1. The lowest BCUT2D eigenvalue weighted by Gasteiger charge is -2.10. The molecule has 17 heavy (non-hydrogen) atoms. The predicted octanol–water partition coefficient (Wildman–Crippen LogP) is 4.05. The van der Waals surface area contributed by atoms with Crippen LogP contribution >= 0.6 is 27.3 Å². The smallest absolute Gasteiger partial charge is 0.0591 e. The van der Waals surface area contributed by atoms with E-state index < -0.39 is 0 Å². The van der Waals surface area contributed by atoms with Crippen LogP contribution in [-0.4, -0.2) is 19.8 Å². The van der Waals surface area contributed by atoms with E-state index in [1.165, 1.54) is 22.2 Å². The van der Waals surface area contributed by atoms with Gasteiger partial charge in [0.25, 0.3) is 0 Å². The van der Waals surface area contributed by atoms with Crippen molar-refractivity contribution in [3.8, 4) is 0 Å². The third kappa shape index (κ3) is 7.19. The van der Waals surface area contributed by atoms with Crippen LogP contribution in [0.1, 0.15) is 31.6 Å². The molecule has 0 fully saturated rings. The quantitative estimate of drug-likeness (QED) is 0.693. The van der Waals surface area contributed by atoms with Crippen molar-refractivity contribution in [2.75, 3.05) is 19.8 Å². The molecule has 1 rings (SSSR count). The second-order valence-electron chi connectivity index (χ2n) is 4.38. The van der Waals surface area contributed by atoms with Crippen LogP contribution in [0.4, 0.5) is 0 Å². The zero-order valence-corrected chi connectivity index (χ0v) is 13.1. The summed E-state index contributed by atoms with van der Waals surface area (Å²) in [5, 5.41) is 5.50. The lowest BCUT2D eigenvalue weighted by atomic mass is 10.1. The Kier molecular flexibility index (Phi) is 8.10. The lowest BCUT2D eigenvalue weighted by Crippen LogP contribution is -2.20. The monoisotopic (exact) mass is 319 g/mol. The van der Waals surface area contributed by atoms with E-state index in [1.807, 2.05) is 0 Å². The summed E-state index contributed by atoms with van der Waals surface area (Å²) in [4.78, 5) is 1.36. The van der Waals surface area contributed by atoms with Crippen molar-refractivity contribution in [2.24, 2.45) is 5.92 Å². The minimum atomic E-state index is 0.688. The summed E-state index contributed by atoms with van der Waals surface area (Å²) in [6, 6.07) is 2.15. The highest BCUT2D eigenvalue weighted by Crippen LogP contribution is 2.19. The fourth-order valence-electron chi connectivity index (χ4n) is 1.66. The molecular formula is C13H22BrNOS. The molecule has 1 unspecified atom stereocenters. The summed E-state index contributed by atoms with van der Waals surface area (Å²) in [7, 11) is 0. The molecule has 0 aliphatic rings. The molecule has 1 aromatic heterocycles. The van der Waals surface area contributed by atoms with E-state index in [0.29, 0.717) is 5.92 Å². The summed E-state index contributed by atoms with van der Waals surface area (Å²) in [6.45, 7) is 8.02. The predicted molar refractivity (Wildman–Crippen MR) is 78.6 cm³/mol. The molecule has 0 spiro atoms. The van der Waals surface area contributed by atoms with Gasteiger partial charge < -0.3 is 10.1 Å². The molecule has 0 amide bonds. The Morgan fingerprint density at radius 2 is 2.35 bits per heavy atom. The van der Waals surface area contributed by atoms with Crippen molar-refractivity contribution < 1.29 is 4.74 Å². The van der Waals surface area contributed by atoms with Crippen LogP contribution in [0, 0.1) is 5.92 Å². The Morgan fingerprint density at radius 3 is 3.00 bits per heavy atom. The lowest BCUT2D eigenvalue weighted by molar-refractivity contribution is 0.103. The first kappa shape index (κ1) is 15.2. The van der Waals surface area contributed by atoms with Crippen LogP contribution in [0.15, 0.2) is 15.9 Å². The zero-order chi connectivity index (χ0) is 12.5. The van der Waals surface area contributed by atoms with E-state index in [4.69, 9.17) is 4.74 Å². The van der Waals surface area contributed by atoms with Crippen LogP contribution in [0.3, 0.4) is 0 Å². The number of nitrogens with one attached hydrogen (secondary N) is 1. The maximum Gasteiger partial charge on any atom is 0.0591 e. The van der Waals surface area contributed by atoms with Crippen LogP contribution in [0.5, 0.6) is 0 Å². The van der Waals surface area contributed by atoms with Crippen LogP contribution in [0.25, 0.3) is 0 Å². The topological polar surface area (TPSA) is 21.3 Å². The normalized spacial score (nSPS) is 12.9. The highest BCUT2D eigenvalue weighted by Gasteiger charge is 2.00. The van der Waals surface area contributed by atoms with Crippen molar-refractivity contribution in [1.29, 1.82) is 0 Å². The van der Waals surface area contributed by atoms with Crippen LogP contribution < -0.4 is 5.32 Å². The summed E-state index contributed by atoms with van der Waals surface area (Å²) in [6.07, 6.45) is 2.51. The molecule has 1 atom stereocenters. The first-order valence-corrected chi connectivity index (χ1v) is 7.91. The first-order chi connectivity index (χ1) is 8.22. The van der Waals surface area contributed by atoms with Crippen molar-refractivity contribution in [3.63, 3.8) is 0 Å². The van der Waals surface area contributed by atoms with Gasteiger partial charge in [0.1, 0.15) is 0 Å². The Morgan fingerprint density at radius 1 is 1.53 bits per heavy atom. The number of thiophene rings is 1. The molecule has 0 saturated carbocycles. The molecule has 0 bridgehead atoms. The fourth-order valence-corrected chi connectivity index (χ4v) is 3.08. The Bertz CT molecular complexity index is 303. The van der Waals surface area contributed by atoms with Crippen molar-refractivity contribution in [1.82, 2.24) is 5.32 Å². The number of rotatable bonds is 9. The molecule has 4 heteroatoms. The summed E-state index contributed by atoms with van der Waals surface area (Å²) in [5.74, 6) is 0.688. The summed E-state index contributed by atoms with van der Waals surface area (Å²) < 4.78 is 6.79. The molecule has 1 heterocycles. The fraction of sp³-hybridized carbons (Fsp3) is 0.692. The van der Waals surface area contributed by atoms with Gasteiger partial charge in [-0.1, -0.05) is 20.3 Å². The third-order valence-electron chi connectivity index (χ3n) is 2.53. The molecule has 1 aromatic rings. The number of hydrogen-bond donors (Lipinski definition) is 1.